The lowest BCUT2D eigenvalue weighted by atomic mass is 10.0. The number of hydrogen-bond acceptors (Lipinski definition) is 6. The Labute approximate surface area is 167 Å². The Morgan fingerprint density at radius 1 is 0.964 bits per heavy atom. The van der Waals surface area contributed by atoms with Gasteiger partial charge in [-0.2, -0.15) is 0 Å². The SMILES string of the molecule is CCc1ccc(Cc2cc(F)ccc2OC2SC(CO)C(O)C(O)C2O)cc1. The summed E-state index contributed by atoms with van der Waals surface area (Å²) in [6, 6.07) is 12.2. The number of thioether (sulfide) groups is 1. The molecule has 4 N–H and O–H groups in total. The minimum Gasteiger partial charge on any atom is -0.477 e. The molecule has 1 aliphatic heterocycles. The molecule has 0 bridgehead atoms. The minimum atomic E-state index is -1.44. The Morgan fingerprint density at radius 2 is 1.64 bits per heavy atom. The van der Waals surface area contributed by atoms with Crippen molar-refractivity contribution in [3.63, 3.8) is 0 Å². The number of ether oxygens (including phenoxy) is 1. The second-order valence-electron chi connectivity index (χ2n) is 6.91. The molecule has 1 saturated heterocycles. The van der Waals surface area contributed by atoms with Gasteiger partial charge in [0, 0.05) is 12.0 Å². The minimum absolute atomic E-state index is 0.366. The zero-order valence-electron chi connectivity index (χ0n) is 15.5. The number of halogens is 1. The van der Waals surface area contributed by atoms with Crippen molar-refractivity contribution in [2.45, 2.75) is 48.8 Å². The van der Waals surface area contributed by atoms with Gasteiger partial charge in [0.25, 0.3) is 0 Å². The molecule has 1 heterocycles. The van der Waals surface area contributed by atoms with Crippen LogP contribution in [0.5, 0.6) is 5.75 Å². The van der Waals surface area contributed by atoms with Gasteiger partial charge in [-0.25, -0.2) is 4.39 Å². The largest absolute Gasteiger partial charge is 0.477 e. The van der Waals surface area contributed by atoms with Crippen LogP contribution in [-0.4, -0.2) is 56.0 Å². The number of aryl methyl sites for hydroxylation is 1. The van der Waals surface area contributed by atoms with Crippen LogP contribution in [-0.2, 0) is 12.8 Å². The van der Waals surface area contributed by atoms with Crippen LogP contribution in [0.2, 0.25) is 0 Å². The van der Waals surface area contributed by atoms with Crippen molar-refractivity contribution in [2.75, 3.05) is 6.61 Å². The van der Waals surface area contributed by atoms with E-state index < -0.39 is 34.8 Å². The summed E-state index contributed by atoms with van der Waals surface area (Å²) < 4.78 is 19.7. The van der Waals surface area contributed by atoms with E-state index in [-0.39, 0.29) is 6.61 Å². The molecule has 5 unspecified atom stereocenters. The van der Waals surface area contributed by atoms with Crippen molar-refractivity contribution in [1.82, 2.24) is 0 Å². The van der Waals surface area contributed by atoms with Crippen molar-refractivity contribution in [1.29, 1.82) is 0 Å². The second-order valence-corrected chi connectivity index (χ2v) is 8.26. The Bertz CT molecular complexity index is 783. The van der Waals surface area contributed by atoms with Crippen LogP contribution in [0.3, 0.4) is 0 Å². The highest BCUT2D eigenvalue weighted by atomic mass is 32.2. The molecule has 28 heavy (non-hydrogen) atoms. The standard InChI is InChI=1S/C21H25FO5S/c1-2-12-3-5-13(6-4-12)9-14-10-15(22)7-8-16(14)27-21-20(26)19(25)18(24)17(11-23)28-21/h3-8,10,17-21,23-26H,2,9,11H2,1H3. The first-order valence-electron chi connectivity index (χ1n) is 9.26. The third-order valence-corrected chi connectivity index (χ3v) is 6.36. The molecule has 5 atom stereocenters. The molecule has 0 aromatic heterocycles. The highest BCUT2D eigenvalue weighted by molar-refractivity contribution is 8.00. The van der Waals surface area contributed by atoms with Crippen LogP contribution < -0.4 is 4.74 Å². The van der Waals surface area contributed by atoms with Gasteiger partial charge in [-0.05, 0) is 35.7 Å². The molecule has 0 amide bonds. The topological polar surface area (TPSA) is 90.2 Å². The van der Waals surface area contributed by atoms with Gasteiger partial charge in [0.15, 0.2) is 5.44 Å². The predicted octanol–water partition coefficient (Wildman–Crippen LogP) is 1.87. The Morgan fingerprint density at radius 3 is 2.29 bits per heavy atom. The molecule has 2 aromatic carbocycles. The number of hydrogen-bond donors (Lipinski definition) is 4. The number of aliphatic hydroxyl groups is 4. The smallest absolute Gasteiger partial charge is 0.173 e. The first-order chi connectivity index (χ1) is 13.4. The molecular formula is C21H25FO5S. The van der Waals surface area contributed by atoms with Crippen LogP contribution in [0.4, 0.5) is 4.39 Å². The van der Waals surface area contributed by atoms with E-state index in [1.165, 1.54) is 23.8 Å². The quantitative estimate of drug-likeness (QED) is 0.584. The first kappa shape index (κ1) is 21.1. The number of aliphatic hydroxyl groups excluding tert-OH is 4. The molecule has 0 aliphatic carbocycles. The zero-order valence-corrected chi connectivity index (χ0v) is 16.3. The summed E-state index contributed by atoms with van der Waals surface area (Å²) >= 11 is 1.04. The van der Waals surface area contributed by atoms with Crippen LogP contribution in [0.1, 0.15) is 23.6 Å². The van der Waals surface area contributed by atoms with E-state index in [4.69, 9.17) is 4.74 Å². The maximum absolute atomic E-state index is 13.8. The zero-order chi connectivity index (χ0) is 20.3. The summed E-state index contributed by atoms with van der Waals surface area (Å²) in [7, 11) is 0. The van der Waals surface area contributed by atoms with Crippen LogP contribution in [0, 0.1) is 5.82 Å². The second kappa shape index (κ2) is 9.24. The number of benzene rings is 2. The third kappa shape index (κ3) is 4.67. The van der Waals surface area contributed by atoms with Gasteiger partial charge in [-0.1, -0.05) is 31.2 Å². The van der Waals surface area contributed by atoms with E-state index in [1.54, 1.807) is 0 Å². The van der Waals surface area contributed by atoms with E-state index in [9.17, 15) is 24.8 Å². The molecular weight excluding hydrogens is 383 g/mol. The third-order valence-electron chi connectivity index (χ3n) is 4.94. The highest BCUT2D eigenvalue weighted by Crippen LogP contribution is 2.35. The van der Waals surface area contributed by atoms with Gasteiger partial charge in [-0.3, -0.25) is 0 Å². The summed E-state index contributed by atoms with van der Waals surface area (Å²) in [6.45, 7) is 1.71. The van der Waals surface area contributed by atoms with Gasteiger partial charge >= 0.3 is 0 Å². The summed E-state index contributed by atoms with van der Waals surface area (Å²) in [5, 5.41) is 38.9. The molecule has 2 aromatic rings. The van der Waals surface area contributed by atoms with Crippen molar-refractivity contribution in [2.24, 2.45) is 0 Å². The highest BCUT2D eigenvalue weighted by Gasteiger charge is 2.44. The lowest BCUT2D eigenvalue weighted by molar-refractivity contribution is -0.0910. The Balaban J connectivity index is 1.81. The molecule has 1 fully saturated rings. The van der Waals surface area contributed by atoms with Gasteiger partial charge in [0.1, 0.15) is 23.8 Å². The molecule has 7 heteroatoms. The molecule has 1 aliphatic rings. The van der Waals surface area contributed by atoms with E-state index in [1.807, 2.05) is 24.3 Å². The molecule has 152 valence electrons. The summed E-state index contributed by atoms with van der Waals surface area (Å²) in [4.78, 5) is 0. The van der Waals surface area contributed by atoms with Crippen molar-refractivity contribution < 1.29 is 29.6 Å². The van der Waals surface area contributed by atoms with Crippen molar-refractivity contribution >= 4 is 11.8 Å². The van der Waals surface area contributed by atoms with Gasteiger partial charge in [-0.15, -0.1) is 11.8 Å². The van der Waals surface area contributed by atoms with Gasteiger partial charge in [0.05, 0.1) is 18.0 Å². The van der Waals surface area contributed by atoms with Gasteiger partial charge < -0.3 is 25.2 Å². The van der Waals surface area contributed by atoms with E-state index in [0.29, 0.717) is 17.7 Å². The fourth-order valence-electron chi connectivity index (χ4n) is 3.20. The maximum atomic E-state index is 13.8. The van der Waals surface area contributed by atoms with E-state index >= 15 is 0 Å². The predicted molar refractivity (Wildman–Crippen MR) is 106 cm³/mol. The average molecular weight is 408 g/mol. The lowest BCUT2D eigenvalue weighted by Crippen LogP contribution is -2.55. The lowest BCUT2D eigenvalue weighted by Gasteiger charge is -2.39. The summed E-state index contributed by atoms with van der Waals surface area (Å²) in [5.74, 6) is -0.00846. The normalized spacial score (nSPS) is 27.6. The van der Waals surface area contributed by atoms with Crippen LogP contribution in [0.25, 0.3) is 0 Å². The molecule has 0 saturated carbocycles. The van der Waals surface area contributed by atoms with Crippen LogP contribution >= 0.6 is 11.8 Å². The molecule has 5 nitrogen and oxygen atoms in total. The monoisotopic (exact) mass is 408 g/mol. The molecule has 0 spiro atoms. The van der Waals surface area contributed by atoms with E-state index in [2.05, 4.69) is 6.92 Å². The van der Waals surface area contributed by atoms with E-state index in [0.717, 1.165) is 23.7 Å². The molecule has 3 rings (SSSR count). The Hall–Kier alpha value is -1.64. The molecule has 0 radical (unpaired) electrons. The van der Waals surface area contributed by atoms with Crippen LogP contribution in [0.15, 0.2) is 42.5 Å². The van der Waals surface area contributed by atoms with Crippen molar-refractivity contribution in [3.05, 3.63) is 65.0 Å². The fraction of sp³-hybridized carbons (Fsp3) is 0.429. The summed E-state index contributed by atoms with van der Waals surface area (Å²) in [5.41, 5.74) is 1.91. The van der Waals surface area contributed by atoms with Gasteiger partial charge in [0.2, 0.25) is 0 Å². The van der Waals surface area contributed by atoms with Crippen molar-refractivity contribution in [3.8, 4) is 5.75 Å². The Kier molecular flexibility index (Phi) is 6.95. The average Bonchev–Trinajstić information content (AvgIpc) is 2.70. The summed E-state index contributed by atoms with van der Waals surface area (Å²) in [6.07, 6.45) is -2.65. The maximum Gasteiger partial charge on any atom is 0.173 e. The fourth-order valence-corrected chi connectivity index (χ4v) is 4.44. The first-order valence-corrected chi connectivity index (χ1v) is 10.2. The number of rotatable bonds is 6.